The lowest BCUT2D eigenvalue weighted by Crippen LogP contribution is -2.34. The van der Waals surface area contributed by atoms with E-state index < -0.39 is 5.92 Å². The number of pyridine rings is 1. The van der Waals surface area contributed by atoms with Crippen LogP contribution in [0.1, 0.15) is 40.9 Å². The highest BCUT2D eigenvalue weighted by molar-refractivity contribution is 6.06. The number of fused-ring (bicyclic) bond motifs is 1. The lowest BCUT2D eigenvalue weighted by atomic mass is 9.95. The van der Waals surface area contributed by atoms with Gasteiger partial charge >= 0.3 is 0 Å². The van der Waals surface area contributed by atoms with Crippen molar-refractivity contribution in [2.75, 3.05) is 24.2 Å². The van der Waals surface area contributed by atoms with Crippen LogP contribution in [0, 0.1) is 5.82 Å². The van der Waals surface area contributed by atoms with Crippen LogP contribution in [0.4, 0.5) is 21.6 Å². The molecule has 2 aromatic heterocycles. The van der Waals surface area contributed by atoms with E-state index in [0.717, 1.165) is 28.2 Å². The number of aromatic nitrogens is 2. The Morgan fingerprint density at radius 3 is 2.62 bits per heavy atom. The number of anilines is 3. The van der Waals surface area contributed by atoms with E-state index in [0.29, 0.717) is 36.5 Å². The van der Waals surface area contributed by atoms with Crippen LogP contribution >= 0.6 is 0 Å². The molecule has 0 fully saturated rings. The molecule has 0 spiro atoms. The van der Waals surface area contributed by atoms with E-state index in [4.69, 9.17) is 0 Å². The zero-order chi connectivity index (χ0) is 25.9. The van der Waals surface area contributed by atoms with E-state index in [1.165, 1.54) is 12.1 Å². The van der Waals surface area contributed by atoms with Gasteiger partial charge in [-0.2, -0.15) is 0 Å². The topological polar surface area (TPSA) is 90.1 Å². The van der Waals surface area contributed by atoms with Crippen LogP contribution in [-0.4, -0.2) is 40.3 Å². The van der Waals surface area contributed by atoms with Crippen molar-refractivity contribution in [3.05, 3.63) is 95.6 Å². The van der Waals surface area contributed by atoms with Gasteiger partial charge in [-0.25, -0.2) is 9.37 Å². The molecule has 1 unspecified atom stereocenters. The van der Waals surface area contributed by atoms with Crippen molar-refractivity contribution in [3.63, 3.8) is 0 Å². The Morgan fingerprint density at radius 1 is 1.14 bits per heavy atom. The van der Waals surface area contributed by atoms with Gasteiger partial charge in [-0.1, -0.05) is 37.3 Å². The molecule has 4 aromatic rings. The molecule has 0 bridgehead atoms. The highest BCUT2D eigenvalue weighted by Gasteiger charge is 2.30. The van der Waals surface area contributed by atoms with Crippen LogP contribution in [0.2, 0.25) is 0 Å². The van der Waals surface area contributed by atoms with Crippen molar-refractivity contribution >= 4 is 29.0 Å². The van der Waals surface area contributed by atoms with Crippen LogP contribution in [0.15, 0.2) is 72.9 Å². The minimum Gasteiger partial charge on any atom is -0.356 e. The van der Waals surface area contributed by atoms with Gasteiger partial charge in [-0.3, -0.25) is 9.59 Å². The Morgan fingerprint density at radius 2 is 1.89 bits per heavy atom. The first kappa shape index (κ1) is 24.2. The number of rotatable bonds is 7. The summed E-state index contributed by atoms with van der Waals surface area (Å²) in [7, 11) is 1.80. The molecule has 0 saturated carbocycles. The maximum absolute atomic E-state index is 13.4. The normalized spacial score (nSPS) is 13.7. The summed E-state index contributed by atoms with van der Waals surface area (Å²) in [6, 6.07) is 19.3. The van der Waals surface area contributed by atoms with E-state index in [1.54, 1.807) is 36.3 Å². The molecule has 1 aliphatic heterocycles. The molecule has 2 aromatic carbocycles. The number of amides is 2. The van der Waals surface area contributed by atoms with Gasteiger partial charge in [0.05, 0.1) is 22.9 Å². The van der Waals surface area contributed by atoms with E-state index in [1.807, 2.05) is 43.3 Å². The molecule has 7 nitrogen and oxygen atoms in total. The van der Waals surface area contributed by atoms with Gasteiger partial charge in [-0.15, -0.1) is 0 Å². The number of nitrogens with one attached hydrogen (secondary N) is 3. The molecular weight excluding hydrogens is 469 g/mol. The molecule has 0 saturated heterocycles. The van der Waals surface area contributed by atoms with Gasteiger partial charge < -0.3 is 20.5 Å². The maximum atomic E-state index is 13.4. The van der Waals surface area contributed by atoms with Crippen molar-refractivity contribution in [2.45, 2.75) is 25.7 Å². The average molecular weight is 498 g/mol. The Bertz CT molecular complexity index is 1430. The molecule has 8 heteroatoms. The van der Waals surface area contributed by atoms with Crippen LogP contribution in [0.25, 0.3) is 11.3 Å². The summed E-state index contributed by atoms with van der Waals surface area (Å²) >= 11 is 0. The number of benzene rings is 2. The Balaban J connectivity index is 1.48. The Labute approximate surface area is 214 Å². The highest BCUT2D eigenvalue weighted by Crippen LogP contribution is 2.38. The summed E-state index contributed by atoms with van der Waals surface area (Å²) in [6.45, 7) is 2.55. The molecular formula is C29H28FN5O2. The molecule has 1 aliphatic rings. The van der Waals surface area contributed by atoms with Gasteiger partial charge in [0.1, 0.15) is 11.6 Å². The number of H-pyrrole nitrogens is 1. The largest absolute Gasteiger partial charge is 0.356 e. The number of hydrogen-bond acceptors (Lipinski definition) is 4. The predicted octanol–water partition coefficient (Wildman–Crippen LogP) is 5.72. The fraction of sp³-hybridized carbons (Fsp3) is 0.207. The molecule has 3 N–H and O–H groups in total. The van der Waals surface area contributed by atoms with E-state index >= 15 is 0 Å². The van der Waals surface area contributed by atoms with Crippen molar-refractivity contribution < 1.29 is 14.0 Å². The first-order valence-corrected chi connectivity index (χ1v) is 12.3. The number of para-hydroxylation sites is 1. The summed E-state index contributed by atoms with van der Waals surface area (Å²) in [4.78, 5) is 35.7. The van der Waals surface area contributed by atoms with Gasteiger partial charge in [0.15, 0.2) is 0 Å². The molecule has 188 valence electrons. The summed E-state index contributed by atoms with van der Waals surface area (Å²) < 4.78 is 13.4. The minimum absolute atomic E-state index is 0.0464. The summed E-state index contributed by atoms with van der Waals surface area (Å²) in [5.74, 6) is -0.650. The molecule has 3 heterocycles. The monoisotopic (exact) mass is 497 g/mol. The van der Waals surface area contributed by atoms with Crippen LogP contribution in [0.3, 0.4) is 0 Å². The fourth-order valence-corrected chi connectivity index (χ4v) is 4.69. The molecule has 0 aliphatic carbocycles. The Hall–Kier alpha value is -4.46. The third-order valence-electron chi connectivity index (χ3n) is 6.68. The average Bonchev–Trinajstić information content (AvgIpc) is 3.27. The minimum atomic E-state index is -0.438. The molecule has 0 radical (unpaired) electrons. The summed E-state index contributed by atoms with van der Waals surface area (Å²) in [5, 5.41) is 6.34. The number of carbonyl (C=O) groups excluding carboxylic acids is 2. The second kappa shape index (κ2) is 10.3. The fourth-order valence-electron chi connectivity index (χ4n) is 4.69. The summed E-state index contributed by atoms with van der Waals surface area (Å²) in [5.41, 5.74) is 5.33. The van der Waals surface area contributed by atoms with Gasteiger partial charge in [0.2, 0.25) is 5.91 Å². The smallest absolute Gasteiger partial charge is 0.257 e. The van der Waals surface area contributed by atoms with E-state index in [9.17, 15) is 14.0 Å². The summed E-state index contributed by atoms with van der Waals surface area (Å²) in [6.07, 6.45) is 2.90. The SMILES string of the molecule is CCC(C(=O)Nc1cc(-c2[nH]c3c(c2Nc2ccccc2)C(=O)N(C)CC3)ccn1)c1ccc(F)cc1. The molecule has 5 rings (SSSR count). The van der Waals surface area contributed by atoms with Gasteiger partial charge in [0.25, 0.3) is 5.91 Å². The maximum Gasteiger partial charge on any atom is 0.257 e. The number of nitrogens with zero attached hydrogens (tertiary/aromatic N) is 2. The lowest BCUT2D eigenvalue weighted by Gasteiger charge is -2.23. The van der Waals surface area contributed by atoms with E-state index in [-0.39, 0.29) is 17.6 Å². The predicted molar refractivity (Wildman–Crippen MR) is 142 cm³/mol. The first-order valence-electron chi connectivity index (χ1n) is 12.3. The van der Waals surface area contributed by atoms with Crippen LogP contribution in [-0.2, 0) is 11.2 Å². The number of hydrogen-bond donors (Lipinski definition) is 3. The highest BCUT2D eigenvalue weighted by atomic mass is 19.1. The Kier molecular flexibility index (Phi) is 6.72. The van der Waals surface area contributed by atoms with Crippen molar-refractivity contribution in [3.8, 4) is 11.3 Å². The van der Waals surface area contributed by atoms with Gasteiger partial charge in [-0.05, 0) is 48.4 Å². The second-order valence-corrected chi connectivity index (χ2v) is 9.13. The number of aromatic amines is 1. The van der Waals surface area contributed by atoms with E-state index in [2.05, 4.69) is 20.6 Å². The van der Waals surface area contributed by atoms with Gasteiger partial charge in [0, 0.05) is 43.2 Å². The van der Waals surface area contributed by atoms with Crippen molar-refractivity contribution in [1.82, 2.24) is 14.9 Å². The third kappa shape index (κ3) is 4.95. The van der Waals surface area contributed by atoms with Crippen LogP contribution in [0.5, 0.6) is 0 Å². The molecule has 2 amide bonds. The standard InChI is InChI=1S/C29H28FN5O2/c1-3-22(18-9-11-20(30)12-10-18)28(36)34-24-17-19(13-15-31-24)26-27(32-21-7-5-4-6-8-21)25-23(33-26)14-16-35(2)29(25)37/h4-13,15,17,22,32-33H,3,14,16H2,1-2H3,(H,31,34,36). The third-order valence-corrected chi connectivity index (χ3v) is 6.68. The van der Waals surface area contributed by atoms with Crippen molar-refractivity contribution in [2.24, 2.45) is 0 Å². The number of halogens is 1. The first-order chi connectivity index (χ1) is 17.9. The zero-order valence-electron chi connectivity index (χ0n) is 20.7. The molecule has 1 atom stereocenters. The lowest BCUT2D eigenvalue weighted by molar-refractivity contribution is -0.117. The number of likely N-dealkylation sites (N-methyl/N-ethyl adjacent to an activating group) is 1. The van der Waals surface area contributed by atoms with Crippen molar-refractivity contribution in [1.29, 1.82) is 0 Å². The number of carbonyl (C=O) groups is 2. The van der Waals surface area contributed by atoms with Crippen LogP contribution < -0.4 is 10.6 Å². The molecule has 37 heavy (non-hydrogen) atoms. The zero-order valence-corrected chi connectivity index (χ0v) is 20.7. The second-order valence-electron chi connectivity index (χ2n) is 9.13. The quantitative estimate of drug-likeness (QED) is 0.305.